The van der Waals surface area contributed by atoms with Crippen molar-refractivity contribution in [3.63, 3.8) is 0 Å². The third kappa shape index (κ3) is 43.4. The van der Waals surface area contributed by atoms with Gasteiger partial charge in [-0.1, -0.05) is 303 Å². The van der Waals surface area contributed by atoms with Crippen LogP contribution in [0.1, 0.15) is 323 Å². The van der Waals surface area contributed by atoms with Crippen LogP contribution in [-0.4, -0.2) is 21.6 Å². The van der Waals surface area contributed by atoms with Crippen LogP contribution >= 0.6 is 11.8 Å². The summed E-state index contributed by atoms with van der Waals surface area (Å²) in [5.41, 5.74) is 0. The zero-order chi connectivity index (χ0) is 40.7. The second kappa shape index (κ2) is 47.5. The number of aliphatic carboxylic acids is 1. The van der Waals surface area contributed by atoms with Gasteiger partial charge in [0.2, 0.25) is 0 Å². The first-order valence-corrected chi connectivity index (χ1v) is 27.4. The minimum absolute atomic E-state index is 0.183. The van der Waals surface area contributed by atoms with Gasteiger partial charge in [-0.3, -0.25) is 4.79 Å². The fourth-order valence-corrected chi connectivity index (χ4v) is 10.4. The minimum atomic E-state index is -0.617. The Morgan fingerprint density at radius 2 is 0.464 bits per heavy atom. The van der Waals surface area contributed by atoms with Gasteiger partial charge < -0.3 is 5.11 Å². The summed E-state index contributed by atoms with van der Waals surface area (Å²) in [7, 11) is 0. The number of carboxylic acids is 1. The van der Waals surface area contributed by atoms with Gasteiger partial charge >= 0.3 is 5.97 Å². The highest BCUT2D eigenvalue weighted by molar-refractivity contribution is 8.01. The Labute approximate surface area is 359 Å². The molecule has 0 aliphatic carbocycles. The van der Waals surface area contributed by atoms with Crippen LogP contribution in [0.25, 0.3) is 0 Å². The molecule has 336 valence electrons. The molecule has 0 aromatic carbocycles. The molecule has 0 saturated carbocycles. The molecule has 0 aromatic heterocycles. The van der Waals surface area contributed by atoms with E-state index >= 15 is 0 Å². The quantitative estimate of drug-likeness (QED) is 0.0622. The van der Waals surface area contributed by atoms with Gasteiger partial charge in [0.1, 0.15) is 0 Å². The Hall–Kier alpha value is -0.180. The highest BCUT2D eigenvalue weighted by Gasteiger charge is 2.30. The zero-order valence-electron chi connectivity index (χ0n) is 39.2. The second-order valence-electron chi connectivity index (χ2n) is 18.6. The Kier molecular flexibility index (Phi) is 47.3. The summed E-state index contributed by atoms with van der Waals surface area (Å²) in [6.45, 7) is 6.91. The third-order valence-electron chi connectivity index (χ3n) is 13.0. The number of thioether (sulfide) groups is 1. The van der Waals surface area contributed by atoms with E-state index in [9.17, 15) is 9.90 Å². The first-order chi connectivity index (χ1) is 27.6. The van der Waals surface area contributed by atoms with E-state index in [0.717, 1.165) is 0 Å². The van der Waals surface area contributed by atoms with E-state index in [4.69, 9.17) is 0 Å². The first-order valence-electron chi connectivity index (χ1n) is 26.5. The summed E-state index contributed by atoms with van der Waals surface area (Å²) < 4.78 is 0.183. The molecule has 0 radical (unpaired) electrons. The van der Waals surface area contributed by atoms with E-state index in [2.05, 4.69) is 20.8 Å². The lowest BCUT2D eigenvalue weighted by atomic mass is 9.88. The molecule has 0 atom stereocenters. The van der Waals surface area contributed by atoms with Crippen LogP contribution in [0.5, 0.6) is 0 Å². The van der Waals surface area contributed by atoms with Gasteiger partial charge in [0.15, 0.2) is 0 Å². The summed E-state index contributed by atoms with van der Waals surface area (Å²) in [5.74, 6) is -0.330. The number of carbonyl (C=O) groups is 1. The van der Waals surface area contributed by atoms with Crippen molar-refractivity contribution >= 4 is 17.7 Å². The molecule has 0 aliphatic heterocycles. The SMILES string of the molecule is CCCCCCCCCCCCCCCCCC(CCCCCCCCCCCCCCCC)(CCCCCCCCCCCCCCCCC)SCC(=O)O. The van der Waals surface area contributed by atoms with Crippen molar-refractivity contribution in [3.8, 4) is 0 Å². The average Bonchev–Trinajstić information content (AvgIpc) is 3.20. The molecule has 56 heavy (non-hydrogen) atoms. The van der Waals surface area contributed by atoms with Crippen molar-refractivity contribution in [2.75, 3.05) is 5.75 Å². The molecule has 0 unspecified atom stereocenters. The molecule has 2 nitrogen and oxygen atoms in total. The van der Waals surface area contributed by atoms with Crippen LogP contribution in [0.15, 0.2) is 0 Å². The van der Waals surface area contributed by atoms with Crippen molar-refractivity contribution in [1.82, 2.24) is 0 Å². The van der Waals surface area contributed by atoms with E-state index in [1.165, 1.54) is 302 Å². The normalized spacial score (nSPS) is 11.9. The minimum Gasteiger partial charge on any atom is -0.481 e. The van der Waals surface area contributed by atoms with E-state index in [1.807, 2.05) is 11.8 Å². The van der Waals surface area contributed by atoms with E-state index < -0.39 is 5.97 Å². The van der Waals surface area contributed by atoms with Gasteiger partial charge in [0.05, 0.1) is 5.75 Å². The smallest absolute Gasteiger partial charge is 0.313 e. The molecule has 0 aliphatic rings. The molecule has 0 fully saturated rings. The molecule has 0 spiro atoms. The van der Waals surface area contributed by atoms with Crippen LogP contribution in [0, 0.1) is 0 Å². The average molecular weight is 807 g/mol. The van der Waals surface area contributed by atoms with Crippen LogP contribution in [0.2, 0.25) is 0 Å². The summed E-state index contributed by atoms with van der Waals surface area (Å²) in [5, 5.41) is 9.76. The van der Waals surface area contributed by atoms with Crippen LogP contribution < -0.4 is 0 Å². The molecular weight excluding hydrogens is 701 g/mol. The predicted molar refractivity (Wildman–Crippen MR) is 257 cm³/mol. The highest BCUT2D eigenvalue weighted by Crippen LogP contribution is 2.41. The van der Waals surface area contributed by atoms with Crippen LogP contribution in [-0.2, 0) is 4.79 Å². The van der Waals surface area contributed by atoms with Gasteiger partial charge in [-0.2, -0.15) is 0 Å². The molecular formula is C53H106O2S. The van der Waals surface area contributed by atoms with E-state index in [1.54, 1.807) is 0 Å². The summed E-state index contributed by atoms with van der Waals surface area (Å²) >= 11 is 1.84. The van der Waals surface area contributed by atoms with E-state index in [0.29, 0.717) is 0 Å². The molecule has 0 aromatic rings. The third-order valence-corrected chi connectivity index (χ3v) is 14.6. The van der Waals surface area contributed by atoms with Gasteiger partial charge in [-0.05, 0) is 19.3 Å². The summed E-state index contributed by atoms with van der Waals surface area (Å²) in [6, 6.07) is 0. The van der Waals surface area contributed by atoms with Crippen molar-refractivity contribution in [3.05, 3.63) is 0 Å². The monoisotopic (exact) mass is 807 g/mol. The van der Waals surface area contributed by atoms with Crippen LogP contribution in [0.4, 0.5) is 0 Å². The van der Waals surface area contributed by atoms with Crippen molar-refractivity contribution in [1.29, 1.82) is 0 Å². The lowest BCUT2D eigenvalue weighted by Crippen LogP contribution is -2.27. The second-order valence-corrected chi connectivity index (χ2v) is 20.1. The van der Waals surface area contributed by atoms with Crippen LogP contribution in [0.3, 0.4) is 0 Å². The van der Waals surface area contributed by atoms with Gasteiger partial charge in [-0.25, -0.2) is 0 Å². The fourth-order valence-electron chi connectivity index (χ4n) is 9.09. The number of hydrogen-bond acceptors (Lipinski definition) is 2. The lowest BCUT2D eigenvalue weighted by Gasteiger charge is -2.34. The van der Waals surface area contributed by atoms with Gasteiger partial charge in [0.25, 0.3) is 0 Å². The number of unbranched alkanes of at least 4 members (excludes halogenated alkanes) is 41. The maximum absolute atomic E-state index is 11.9. The maximum Gasteiger partial charge on any atom is 0.313 e. The number of hydrogen-bond donors (Lipinski definition) is 1. The number of carboxylic acid groups (broad SMARTS) is 1. The molecule has 0 amide bonds. The number of rotatable bonds is 50. The van der Waals surface area contributed by atoms with Crippen molar-refractivity contribution < 1.29 is 9.90 Å². The fraction of sp³-hybridized carbons (Fsp3) is 0.981. The summed E-state index contributed by atoms with van der Waals surface area (Å²) in [6.07, 6.45) is 65.5. The molecule has 3 heteroatoms. The van der Waals surface area contributed by atoms with E-state index in [-0.39, 0.29) is 10.5 Å². The molecule has 1 N–H and O–H groups in total. The van der Waals surface area contributed by atoms with Crippen molar-refractivity contribution in [2.45, 2.75) is 327 Å². The zero-order valence-corrected chi connectivity index (χ0v) is 40.0. The maximum atomic E-state index is 11.9. The first kappa shape index (κ1) is 55.8. The Balaban J connectivity index is 4.52. The highest BCUT2D eigenvalue weighted by atomic mass is 32.2. The molecule has 0 heterocycles. The standard InChI is InChI=1S/C53H106O2S/c1-4-7-10-13-16-19-22-25-28-31-34-37-40-43-46-49-53(56-51-52(54)55,48-45-42-39-36-33-30-27-24-21-18-15-12-9-6-3)50-47-44-41-38-35-32-29-26-23-20-17-14-11-8-5-2/h4-51H2,1-3H3,(H,54,55). The van der Waals surface area contributed by atoms with Gasteiger partial charge in [-0.15, -0.1) is 11.8 Å². The Morgan fingerprint density at radius 1 is 0.304 bits per heavy atom. The topological polar surface area (TPSA) is 37.3 Å². The molecule has 0 rings (SSSR count). The summed E-state index contributed by atoms with van der Waals surface area (Å²) in [4.78, 5) is 11.9. The Bertz CT molecular complexity index is 703. The molecule has 0 saturated heterocycles. The largest absolute Gasteiger partial charge is 0.481 e. The lowest BCUT2D eigenvalue weighted by molar-refractivity contribution is -0.133. The van der Waals surface area contributed by atoms with Crippen molar-refractivity contribution in [2.24, 2.45) is 0 Å². The van der Waals surface area contributed by atoms with Gasteiger partial charge in [0, 0.05) is 4.75 Å². The Morgan fingerprint density at radius 3 is 0.625 bits per heavy atom. The predicted octanol–water partition coefficient (Wildman–Crippen LogP) is 19.9. The molecule has 0 bridgehead atoms.